The van der Waals surface area contributed by atoms with Crippen LogP contribution in [0.25, 0.3) is 6.08 Å². The summed E-state index contributed by atoms with van der Waals surface area (Å²) in [4.78, 5) is 12.7. The van der Waals surface area contributed by atoms with Crippen molar-refractivity contribution in [2.45, 2.75) is 25.4 Å². The Bertz CT molecular complexity index is 869. The van der Waals surface area contributed by atoms with E-state index in [9.17, 15) is 13.2 Å². The van der Waals surface area contributed by atoms with Crippen molar-refractivity contribution in [3.8, 4) is 0 Å². The smallest absolute Gasteiger partial charge is 0.238 e. The number of carbonyl (C=O) groups excluding carboxylic acids is 1. The van der Waals surface area contributed by atoms with Crippen LogP contribution in [0.2, 0.25) is 0 Å². The molecule has 2 rings (SSSR count). The van der Waals surface area contributed by atoms with Crippen molar-refractivity contribution in [2.75, 3.05) is 12.0 Å². The molecule has 0 spiro atoms. The Hall–Kier alpha value is -2.09. The number of hydrogen-bond donors (Lipinski definition) is 2. The van der Waals surface area contributed by atoms with E-state index in [-0.39, 0.29) is 11.9 Å². The number of hydrogen-bond acceptors (Lipinski definition) is 4. The van der Waals surface area contributed by atoms with E-state index in [1.54, 1.807) is 11.8 Å². The third-order valence-electron chi connectivity index (χ3n) is 4.13. The lowest BCUT2D eigenvalue weighted by atomic mass is 10.1. The fraction of sp³-hybridized carbons (Fsp3) is 0.286. The van der Waals surface area contributed by atoms with Gasteiger partial charge < -0.3 is 5.32 Å². The number of sulfonamides is 1. The Morgan fingerprint density at radius 1 is 1.07 bits per heavy atom. The van der Waals surface area contributed by atoms with Crippen LogP contribution in [0.15, 0.2) is 66.1 Å². The number of benzene rings is 2. The maximum absolute atomic E-state index is 12.7. The van der Waals surface area contributed by atoms with E-state index in [2.05, 4.69) is 10.0 Å². The number of amides is 1. The standard InChI is InChI=1S/C21H26N2O3S2/c1-17(19-11-7-4-8-12-19)22-21(24)20(13-15-27-2)23-28(25,26)16-14-18-9-5-3-6-10-18/h3-12,14,16-17,20,23H,13,15H2,1-2H3,(H,22,24)/b16-14+. The second-order valence-electron chi connectivity index (χ2n) is 6.35. The van der Waals surface area contributed by atoms with Gasteiger partial charge in [-0.15, -0.1) is 0 Å². The predicted octanol–water partition coefficient (Wildman–Crippen LogP) is 3.58. The first-order valence-electron chi connectivity index (χ1n) is 9.01. The van der Waals surface area contributed by atoms with Gasteiger partial charge in [-0.2, -0.15) is 16.5 Å². The molecule has 7 heteroatoms. The number of rotatable bonds is 10. The van der Waals surface area contributed by atoms with E-state index in [0.717, 1.165) is 16.5 Å². The summed E-state index contributed by atoms with van der Waals surface area (Å²) in [5.41, 5.74) is 1.74. The van der Waals surface area contributed by atoms with E-state index in [0.29, 0.717) is 12.2 Å². The molecule has 0 aromatic heterocycles. The first-order valence-corrected chi connectivity index (χ1v) is 11.9. The third kappa shape index (κ3) is 7.50. The van der Waals surface area contributed by atoms with Gasteiger partial charge in [0.1, 0.15) is 6.04 Å². The molecule has 0 radical (unpaired) electrons. The third-order valence-corrected chi connectivity index (χ3v) is 5.88. The summed E-state index contributed by atoms with van der Waals surface area (Å²) in [6.07, 6.45) is 3.84. The van der Waals surface area contributed by atoms with Gasteiger partial charge in [0.25, 0.3) is 0 Å². The first-order chi connectivity index (χ1) is 13.4. The normalized spacial score (nSPS) is 13.9. The van der Waals surface area contributed by atoms with Gasteiger partial charge in [0, 0.05) is 5.41 Å². The Balaban J connectivity index is 2.07. The largest absolute Gasteiger partial charge is 0.348 e. The average molecular weight is 419 g/mol. The molecule has 0 fully saturated rings. The van der Waals surface area contributed by atoms with Crippen molar-refractivity contribution in [1.82, 2.24) is 10.0 Å². The molecular formula is C21H26N2O3S2. The fourth-order valence-corrected chi connectivity index (χ4v) is 4.10. The van der Waals surface area contributed by atoms with E-state index >= 15 is 0 Å². The van der Waals surface area contributed by atoms with Crippen LogP contribution in [0, 0.1) is 0 Å². The van der Waals surface area contributed by atoms with Crippen molar-refractivity contribution >= 4 is 33.8 Å². The molecule has 0 saturated carbocycles. The molecule has 0 saturated heterocycles. The minimum Gasteiger partial charge on any atom is -0.348 e. The monoisotopic (exact) mass is 418 g/mol. The number of nitrogens with one attached hydrogen (secondary N) is 2. The molecule has 5 nitrogen and oxygen atoms in total. The van der Waals surface area contributed by atoms with Gasteiger partial charge in [-0.3, -0.25) is 4.79 Å². The van der Waals surface area contributed by atoms with Crippen LogP contribution in [-0.4, -0.2) is 32.4 Å². The summed E-state index contributed by atoms with van der Waals surface area (Å²) in [6, 6.07) is 17.7. The zero-order valence-electron chi connectivity index (χ0n) is 16.0. The Morgan fingerprint density at radius 2 is 1.68 bits per heavy atom. The van der Waals surface area contributed by atoms with Crippen LogP contribution in [0.1, 0.15) is 30.5 Å². The van der Waals surface area contributed by atoms with Crippen molar-refractivity contribution in [3.63, 3.8) is 0 Å². The van der Waals surface area contributed by atoms with Gasteiger partial charge in [0.05, 0.1) is 6.04 Å². The molecule has 0 aliphatic rings. The van der Waals surface area contributed by atoms with Crippen LogP contribution in [-0.2, 0) is 14.8 Å². The summed E-state index contributed by atoms with van der Waals surface area (Å²) in [6.45, 7) is 1.88. The van der Waals surface area contributed by atoms with Gasteiger partial charge in [0.2, 0.25) is 15.9 Å². The zero-order valence-corrected chi connectivity index (χ0v) is 17.7. The molecule has 1 amide bonds. The van der Waals surface area contributed by atoms with Crippen molar-refractivity contribution < 1.29 is 13.2 Å². The van der Waals surface area contributed by atoms with Crippen molar-refractivity contribution in [1.29, 1.82) is 0 Å². The summed E-state index contributed by atoms with van der Waals surface area (Å²) in [7, 11) is -3.76. The van der Waals surface area contributed by atoms with Crippen LogP contribution in [0.4, 0.5) is 0 Å². The quantitative estimate of drug-likeness (QED) is 0.618. The molecule has 150 valence electrons. The van der Waals surface area contributed by atoms with Gasteiger partial charge in [0.15, 0.2) is 0 Å². The van der Waals surface area contributed by atoms with Crippen molar-refractivity contribution in [2.24, 2.45) is 0 Å². The maximum atomic E-state index is 12.7. The number of thioether (sulfide) groups is 1. The van der Waals surface area contributed by atoms with E-state index in [1.807, 2.05) is 73.8 Å². The Labute approximate surface area is 171 Å². The second-order valence-corrected chi connectivity index (χ2v) is 8.93. The molecule has 2 aromatic carbocycles. The summed E-state index contributed by atoms with van der Waals surface area (Å²) in [5, 5.41) is 4.00. The summed E-state index contributed by atoms with van der Waals surface area (Å²) in [5.74, 6) is 0.338. The van der Waals surface area contributed by atoms with Gasteiger partial charge in [-0.05, 0) is 42.6 Å². The summed E-state index contributed by atoms with van der Waals surface area (Å²) < 4.78 is 27.4. The molecule has 0 bridgehead atoms. The van der Waals surface area contributed by atoms with Gasteiger partial charge in [-0.1, -0.05) is 60.7 Å². The lowest BCUT2D eigenvalue weighted by molar-refractivity contribution is -0.123. The minimum absolute atomic E-state index is 0.213. The van der Waals surface area contributed by atoms with Crippen LogP contribution in [0.3, 0.4) is 0 Å². The Kier molecular flexibility index (Phi) is 8.76. The van der Waals surface area contributed by atoms with Crippen LogP contribution >= 0.6 is 11.8 Å². The molecule has 0 aliphatic carbocycles. The van der Waals surface area contributed by atoms with Crippen LogP contribution < -0.4 is 10.0 Å². The molecule has 2 aromatic rings. The van der Waals surface area contributed by atoms with Crippen molar-refractivity contribution in [3.05, 3.63) is 77.2 Å². The molecule has 0 aliphatic heterocycles. The lowest BCUT2D eigenvalue weighted by Crippen LogP contribution is -2.47. The van der Waals surface area contributed by atoms with Gasteiger partial charge >= 0.3 is 0 Å². The topological polar surface area (TPSA) is 75.3 Å². The highest BCUT2D eigenvalue weighted by atomic mass is 32.2. The first kappa shape index (κ1) is 22.2. The molecule has 0 heterocycles. The zero-order chi connectivity index (χ0) is 20.4. The highest BCUT2D eigenvalue weighted by Gasteiger charge is 2.24. The SMILES string of the molecule is CSCCC(NS(=O)(=O)/C=C/c1ccccc1)C(=O)NC(C)c1ccccc1. The molecular weight excluding hydrogens is 392 g/mol. The molecule has 2 atom stereocenters. The summed E-state index contributed by atoms with van der Waals surface area (Å²) >= 11 is 1.57. The average Bonchev–Trinajstić information content (AvgIpc) is 2.71. The van der Waals surface area contributed by atoms with Gasteiger partial charge in [-0.25, -0.2) is 8.42 Å². The Morgan fingerprint density at radius 3 is 2.29 bits per heavy atom. The van der Waals surface area contributed by atoms with E-state index in [1.165, 1.54) is 6.08 Å². The second kappa shape index (κ2) is 11.0. The lowest BCUT2D eigenvalue weighted by Gasteiger charge is -2.21. The fourth-order valence-electron chi connectivity index (χ4n) is 2.59. The number of carbonyl (C=O) groups is 1. The molecule has 2 unspecified atom stereocenters. The highest BCUT2D eigenvalue weighted by Crippen LogP contribution is 2.13. The van der Waals surface area contributed by atoms with E-state index in [4.69, 9.17) is 0 Å². The van der Waals surface area contributed by atoms with Crippen LogP contribution in [0.5, 0.6) is 0 Å². The molecule has 2 N–H and O–H groups in total. The highest BCUT2D eigenvalue weighted by molar-refractivity contribution is 7.98. The predicted molar refractivity (Wildman–Crippen MR) is 117 cm³/mol. The van der Waals surface area contributed by atoms with E-state index < -0.39 is 16.1 Å². The maximum Gasteiger partial charge on any atom is 0.238 e. The molecule has 28 heavy (non-hydrogen) atoms. The minimum atomic E-state index is -3.76.